The molecule has 0 atom stereocenters. The van der Waals surface area contributed by atoms with Gasteiger partial charge < -0.3 is 5.32 Å². The fourth-order valence-corrected chi connectivity index (χ4v) is 5.48. The van der Waals surface area contributed by atoms with Crippen LogP contribution in [-0.2, 0) is 10.0 Å². The van der Waals surface area contributed by atoms with Crippen molar-refractivity contribution in [3.63, 3.8) is 0 Å². The van der Waals surface area contributed by atoms with Gasteiger partial charge in [0.05, 0.1) is 21.7 Å². The zero-order valence-corrected chi connectivity index (χ0v) is 20.3. The number of fused-ring (bicyclic) bond motifs is 1. The maximum Gasteiger partial charge on any atom is 0.263 e. The van der Waals surface area contributed by atoms with Crippen LogP contribution in [0.5, 0.6) is 0 Å². The fourth-order valence-electron chi connectivity index (χ4n) is 3.71. The topological polar surface area (TPSA) is 104 Å². The monoisotopic (exact) mass is 471 g/mol. The average Bonchev–Trinajstić information content (AvgIpc) is 2.97. The molecule has 33 heavy (non-hydrogen) atoms. The molecule has 3 amide bonds. The van der Waals surface area contributed by atoms with Gasteiger partial charge in [0.15, 0.2) is 0 Å². The molecule has 176 valence electrons. The number of hydrogen-bond donors (Lipinski definition) is 1. The number of benzene rings is 2. The molecule has 2 aromatic carbocycles. The SMILES string of the molecule is CC(C)CN(CC(C)C)S(=O)(=O)c1ccc(C(=O)Nc2cccc3c2C(=O)N(C)C3=O)cc1. The number of imide groups is 1. The van der Waals surface area contributed by atoms with E-state index in [-0.39, 0.29) is 39.1 Å². The summed E-state index contributed by atoms with van der Waals surface area (Å²) in [6, 6.07) is 10.4. The first kappa shape index (κ1) is 24.6. The van der Waals surface area contributed by atoms with Crippen molar-refractivity contribution in [1.82, 2.24) is 9.21 Å². The van der Waals surface area contributed by atoms with E-state index in [1.807, 2.05) is 27.7 Å². The normalized spacial score (nSPS) is 13.9. The van der Waals surface area contributed by atoms with Gasteiger partial charge >= 0.3 is 0 Å². The Morgan fingerprint density at radius 2 is 1.52 bits per heavy atom. The van der Waals surface area contributed by atoms with E-state index in [0.29, 0.717) is 13.1 Å². The number of hydrogen-bond acceptors (Lipinski definition) is 5. The van der Waals surface area contributed by atoms with Crippen LogP contribution in [0, 0.1) is 11.8 Å². The summed E-state index contributed by atoms with van der Waals surface area (Å²) >= 11 is 0. The van der Waals surface area contributed by atoms with Gasteiger partial charge in [0.25, 0.3) is 17.7 Å². The van der Waals surface area contributed by atoms with Crippen molar-refractivity contribution in [3.8, 4) is 0 Å². The Labute approximate surface area is 194 Å². The standard InChI is InChI=1S/C24H29N3O5S/c1-15(2)13-27(14-16(3)4)33(31,32)18-11-9-17(10-12-18)22(28)25-20-8-6-7-19-21(20)24(30)26(5)23(19)29/h6-12,15-16H,13-14H2,1-5H3,(H,25,28). The second-order valence-electron chi connectivity index (χ2n) is 8.99. The molecule has 1 aliphatic rings. The summed E-state index contributed by atoms with van der Waals surface area (Å²) in [5, 5.41) is 2.66. The summed E-state index contributed by atoms with van der Waals surface area (Å²) in [5.41, 5.74) is 0.848. The van der Waals surface area contributed by atoms with Crippen molar-refractivity contribution in [2.75, 3.05) is 25.5 Å². The van der Waals surface area contributed by atoms with Crippen molar-refractivity contribution in [1.29, 1.82) is 0 Å². The molecule has 3 rings (SSSR count). The van der Waals surface area contributed by atoms with Gasteiger partial charge in [0, 0.05) is 25.7 Å². The first-order chi connectivity index (χ1) is 15.4. The van der Waals surface area contributed by atoms with Crippen LogP contribution in [0.3, 0.4) is 0 Å². The van der Waals surface area contributed by atoms with Crippen LogP contribution in [0.1, 0.15) is 58.8 Å². The van der Waals surface area contributed by atoms with Gasteiger partial charge in [-0.3, -0.25) is 19.3 Å². The van der Waals surface area contributed by atoms with Crippen molar-refractivity contribution in [2.45, 2.75) is 32.6 Å². The van der Waals surface area contributed by atoms with Crippen molar-refractivity contribution < 1.29 is 22.8 Å². The van der Waals surface area contributed by atoms with Crippen molar-refractivity contribution in [3.05, 3.63) is 59.2 Å². The molecular formula is C24H29N3O5S. The lowest BCUT2D eigenvalue weighted by Crippen LogP contribution is -2.37. The highest BCUT2D eigenvalue weighted by Gasteiger charge is 2.35. The third-order valence-electron chi connectivity index (χ3n) is 5.26. The summed E-state index contributed by atoms with van der Waals surface area (Å²) in [7, 11) is -2.32. The molecule has 0 bridgehead atoms. The van der Waals surface area contributed by atoms with Crippen LogP contribution in [0.2, 0.25) is 0 Å². The summed E-state index contributed by atoms with van der Waals surface area (Å²) in [4.78, 5) is 38.5. The molecule has 0 fully saturated rings. The molecule has 0 unspecified atom stereocenters. The Balaban J connectivity index is 1.83. The number of amides is 3. The van der Waals surface area contributed by atoms with Gasteiger partial charge in [-0.25, -0.2) is 8.42 Å². The molecule has 0 saturated carbocycles. The van der Waals surface area contributed by atoms with Crippen LogP contribution in [-0.4, -0.2) is 55.5 Å². The summed E-state index contributed by atoms with van der Waals surface area (Å²) in [6.45, 7) is 8.67. The highest BCUT2D eigenvalue weighted by molar-refractivity contribution is 7.89. The fraction of sp³-hybridized carbons (Fsp3) is 0.375. The second-order valence-corrected chi connectivity index (χ2v) is 10.9. The van der Waals surface area contributed by atoms with Crippen LogP contribution in [0.25, 0.3) is 0 Å². The van der Waals surface area contributed by atoms with E-state index in [9.17, 15) is 22.8 Å². The quantitative estimate of drug-likeness (QED) is 0.594. The number of rotatable bonds is 8. The summed E-state index contributed by atoms with van der Waals surface area (Å²) in [5.74, 6) is -1.08. The number of carbonyl (C=O) groups excluding carboxylic acids is 3. The van der Waals surface area contributed by atoms with Crippen LogP contribution in [0.15, 0.2) is 47.4 Å². The van der Waals surface area contributed by atoms with Crippen molar-refractivity contribution in [2.24, 2.45) is 11.8 Å². The Hall–Kier alpha value is -3.04. The lowest BCUT2D eigenvalue weighted by molar-refractivity contribution is 0.0693. The van der Waals surface area contributed by atoms with E-state index in [4.69, 9.17) is 0 Å². The number of anilines is 1. The highest BCUT2D eigenvalue weighted by atomic mass is 32.2. The molecule has 1 N–H and O–H groups in total. The summed E-state index contributed by atoms with van der Waals surface area (Å²) in [6.07, 6.45) is 0. The molecule has 1 heterocycles. The van der Waals surface area contributed by atoms with Crippen LogP contribution in [0.4, 0.5) is 5.69 Å². The molecule has 0 spiro atoms. The van der Waals surface area contributed by atoms with Gasteiger partial charge in [-0.15, -0.1) is 0 Å². The van der Waals surface area contributed by atoms with E-state index >= 15 is 0 Å². The van der Waals surface area contributed by atoms with E-state index < -0.39 is 27.7 Å². The molecule has 0 aliphatic carbocycles. The first-order valence-electron chi connectivity index (χ1n) is 10.8. The third kappa shape index (κ3) is 4.99. The third-order valence-corrected chi connectivity index (χ3v) is 7.10. The maximum atomic E-state index is 13.2. The van der Waals surface area contributed by atoms with Gasteiger partial charge in [0.2, 0.25) is 10.0 Å². The van der Waals surface area contributed by atoms with E-state index in [1.54, 1.807) is 12.1 Å². The summed E-state index contributed by atoms with van der Waals surface area (Å²) < 4.78 is 27.8. The minimum absolute atomic E-state index is 0.114. The molecule has 0 radical (unpaired) electrons. The molecule has 2 aromatic rings. The second kappa shape index (κ2) is 9.44. The van der Waals surface area contributed by atoms with Crippen molar-refractivity contribution >= 4 is 33.4 Å². The lowest BCUT2D eigenvalue weighted by Gasteiger charge is -2.25. The Morgan fingerprint density at radius 1 is 0.939 bits per heavy atom. The number of carbonyl (C=O) groups is 3. The van der Waals surface area contributed by atoms with Gasteiger partial charge in [-0.2, -0.15) is 4.31 Å². The molecule has 1 aliphatic heterocycles. The smallest absolute Gasteiger partial charge is 0.263 e. The van der Waals surface area contributed by atoms with Crippen LogP contribution < -0.4 is 5.32 Å². The number of nitrogens with zero attached hydrogens (tertiary/aromatic N) is 2. The minimum Gasteiger partial charge on any atom is -0.321 e. The Morgan fingerprint density at radius 3 is 2.06 bits per heavy atom. The van der Waals surface area contributed by atoms with Crippen LogP contribution >= 0.6 is 0 Å². The maximum absolute atomic E-state index is 13.2. The van der Waals surface area contributed by atoms with E-state index in [0.717, 1.165) is 4.90 Å². The first-order valence-corrected chi connectivity index (χ1v) is 12.2. The van der Waals surface area contributed by atoms with Gasteiger partial charge in [-0.05, 0) is 48.2 Å². The zero-order chi connectivity index (χ0) is 24.5. The molecular weight excluding hydrogens is 442 g/mol. The predicted octanol–water partition coefficient (Wildman–Crippen LogP) is 3.47. The molecule has 0 saturated heterocycles. The van der Waals surface area contributed by atoms with Gasteiger partial charge in [0.1, 0.15) is 0 Å². The Bertz CT molecular complexity index is 1180. The number of sulfonamides is 1. The highest BCUT2D eigenvalue weighted by Crippen LogP contribution is 2.29. The van der Waals surface area contributed by atoms with Gasteiger partial charge in [-0.1, -0.05) is 33.8 Å². The van der Waals surface area contributed by atoms with E-state index in [1.165, 1.54) is 41.7 Å². The van der Waals surface area contributed by atoms with E-state index in [2.05, 4.69) is 5.32 Å². The molecule has 0 aromatic heterocycles. The largest absolute Gasteiger partial charge is 0.321 e. The average molecular weight is 472 g/mol. The number of nitrogens with one attached hydrogen (secondary N) is 1. The lowest BCUT2D eigenvalue weighted by atomic mass is 10.1. The zero-order valence-electron chi connectivity index (χ0n) is 19.5. The minimum atomic E-state index is -3.71. The Kier molecular flexibility index (Phi) is 7.04. The molecule has 8 nitrogen and oxygen atoms in total. The molecule has 9 heteroatoms. The predicted molar refractivity (Wildman–Crippen MR) is 126 cm³/mol.